The van der Waals surface area contributed by atoms with E-state index in [4.69, 9.17) is 14.2 Å². The molecule has 0 fully saturated rings. The molecule has 1 aromatic heterocycles. The summed E-state index contributed by atoms with van der Waals surface area (Å²) in [6, 6.07) is 29.1. The Bertz CT molecular complexity index is 1930. The van der Waals surface area contributed by atoms with Crippen LogP contribution in [-0.2, 0) is 20.8 Å². The number of ether oxygens (including phenoxy) is 3. The number of rotatable bonds is 19. The van der Waals surface area contributed by atoms with Gasteiger partial charge in [0.15, 0.2) is 0 Å². The Balaban J connectivity index is 1.09. The number of benzene rings is 4. The van der Waals surface area contributed by atoms with Gasteiger partial charge in [-0.2, -0.15) is 15.0 Å². The molecule has 6 N–H and O–H groups in total. The maximum atomic E-state index is 12.8. The molecule has 274 valence electrons. The minimum absolute atomic E-state index is 0.127. The lowest BCUT2D eigenvalue weighted by atomic mass is 10.1. The summed E-state index contributed by atoms with van der Waals surface area (Å²) in [6.07, 6.45) is 0. The SMILES string of the molecule is COC(=O)c1ccc(CNC(=O)c2ccc(Nc3nc(NCCOCCOCCNC(=O)c4ccccc4)nc(Nc4ccc(O)cc4)n3)cc2)cc1. The second-order valence-corrected chi connectivity index (χ2v) is 11.3. The van der Waals surface area contributed by atoms with Crippen LogP contribution in [0.2, 0.25) is 0 Å². The number of anilines is 5. The number of phenols is 1. The van der Waals surface area contributed by atoms with Gasteiger partial charge in [-0.05, 0) is 78.4 Å². The summed E-state index contributed by atoms with van der Waals surface area (Å²) in [5.74, 6) is 0.0716. The molecule has 0 bridgehead atoms. The molecule has 0 unspecified atom stereocenters. The number of hydrogen-bond acceptors (Lipinski definition) is 13. The number of amides is 2. The fourth-order valence-electron chi connectivity index (χ4n) is 4.72. The number of methoxy groups -OCH3 is 1. The predicted octanol–water partition coefficient (Wildman–Crippen LogP) is 4.66. The monoisotopic (exact) mass is 720 g/mol. The third kappa shape index (κ3) is 12.3. The van der Waals surface area contributed by atoms with E-state index in [-0.39, 0.29) is 42.0 Å². The zero-order valence-corrected chi connectivity index (χ0v) is 29.0. The summed E-state index contributed by atoms with van der Waals surface area (Å²) in [6.45, 7) is 2.52. The molecule has 0 radical (unpaired) electrons. The molecule has 2 amide bonds. The molecule has 0 aliphatic rings. The smallest absolute Gasteiger partial charge is 0.337 e. The minimum atomic E-state index is -0.424. The third-order valence-corrected chi connectivity index (χ3v) is 7.46. The van der Waals surface area contributed by atoms with Crippen molar-refractivity contribution in [2.45, 2.75) is 6.54 Å². The van der Waals surface area contributed by atoms with Gasteiger partial charge in [-0.15, -0.1) is 0 Å². The zero-order valence-electron chi connectivity index (χ0n) is 29.0. The highest BCUT2D eigenvalue weighted by atomic mass is 16.5. The predicted molar refractivity (Wildman–Crippen MR) is 199 cm³/mol. The lowest BCUT2D eigenvalue weighted by Gasteiger charge is -2.12. The van der Waals surface area contributed by atoms with Gasteiger partial charge in [0.25, 0.3) is 11.8 Å². The second kappa shape index (κ2) is 19.7. The Morgan fingerprint density at radius 2 is 1.11 bits per heavy atom. The van der Waals surface area contributed by atoms with E-state index in [1.165, 1.54) is 7.11 Å². The lowest BCUT2D eigenvalue weighted by Crippen LogP contribution is -2.27. The van der Waals surface area contributed by atoms with Gasteiger partial charge in [0.2, 0.25) is 17.8 Å². The van der Waals surface area contributed by atoms with E-state index >= 15 is 0 Å². The van der Waals surface area contributed by atoms with Crippen LogP contribution < -0.4 is 26.6 Å². The molecular formula is C38H40N8O7. The Kier molecular flexibility index (Phi) is 14.0. The number of esters is 1. The summed E-state index contributed by atoms with van der Waals surface area (Å²) in [5.41, 5.74) is 3.61. The first-order valence-electron chi connectivity index (χ1n) is 16.7. The minimum Gasteiger partial charge on any atom is -0.508 e. The van der Waals surface area contributed by atoms with Crippen LogP contribution in [0.1, 0.15) is 36.6 Å². The van der Waals surface area contributed by atoms with E-state index in [2.05, 4.69) is 41.5 Å². The van der Waals surface area contributed by atoms with Gasteiger partial charge in [0.05, 0.1) is 39.1 Å². The van der Waals surface area contributed by atoms with Gasteiger partial charge in [-0.1, -0.05) is 30.3 Å². The van der Waals surface area contributed by atoms with Crippen LogP contribution in [0.3, 0.4) is 0 Å². The first-order chi connectivity index (χ1) is 25.9. The fraction of sp³-hybridized carbons (Fsp3) is 0.211. The molecule has 0 saturated carbocycles. The van der Waals surface area contributed by atoms with Gasteiger partial charge < -0.3 is 45.9 Å². The number of carbonyl (C=O) groups excluding carboxylic acids is 3. The first-order valence-corrected chi connectivity index (χ1v) is 16.7. The summed E-state index contributed by atoms with van der Waals surface area (Å²) in [4.78, 5) is 49.9. The van der Waals surface area contributed by atoms with Crippen molar-refractivity contribution < 1.29 is 33.7 Å². The molecule has 5 rings (SSSR count). The summed E-state index contributed by atoms with van der Waals surface area (Å²) >= 11 is 0. The van der Waals surface area contributed by atoms with Crippen LogP contribution in [0.25, 0.3) is 0 Å². The van der Waals surface area contributed by atoms with E-state index < -0.39 is 5.97 Å². The maximum Gasteiger partial charge on any atom is 0.337 e. The van der Waals surface area contributed by atoms with Crippen molar-refractivity contribution in [2.24, 2.45) is 0 Å². The van der Waals surface area contributed by atoms with E-state index in [1.54, 1.807) is 84.9 Å². The molecular weight excluding hydrogens is 680 g/mol. The van der Waals surface area contributed by atoms with Crippen molar-refractivity contribution in [3.63, 3.8) is 0 Å². The van der Waals surface area contributed by atoms with E-state index in [1.807, 2.05) is 18.2 Å². The van der Waals surface area contributed by atoms with Crippen molar-refractivity contribution in [2.75, 3.05) is 62.6 Å². The molecule has 0 spiro atoms. The number of nitrogens with one attached hydrogen (secondary N) is 5. The highest BCUT2D eigenvalue weighted by molar-refractivity contribution is 5.95. The lowest BCUT2D eigenvalue weighted by molar-refractivity contribution is 0.0519. The molecule has 0 atom stereocenters. The van der Waals surface area contributed by atoms with Crippen LogP contribution in [0.5, 0.6) is 5.75 Å². The van der Waals surface area contributed by atoms with Crippen LogP contribution in [0.15, 0.2) is 103 Å². The van der Waals surface area contributed by atoms with E-state index in [0.717, 1.165) is 5.56 Å². The van der Waals surface area contributed by atoms with E-state index in [9.17, 15) is 19.5 Å². The summed E-state index contributed by atoms with van der Waals surface area (Å²) < 4.78 is 15.9. The molecule has 4 aromatic carbocycles. The molecule has 0 saturated heterocycles. The van der Waals surface area contributed by atoms with Gasteiger partial charge >= 0.3 is 5.97 Å². The quantitative estimate of drug-likeness (QED) is 0.0392. The van der Waals surface area contributed by atoms with Gasteiger partial charge in [-0.25, -0.2) is 4.79 Å². The van der Waals surface area contributed by atoms with Gasteiger partial charge in [-0.3, -0.25) is 9.59 Å². The Labute approximate surface area is 306 Å². The molecule has 15 nitrogen and oxygen atoms in total. The molecule has 0 aliphatic carbocycles. The van der Waals surface area contributed by atoms with Crippen LogP contribution in [0, 0.1) is 0 Å². The molecule has 1 heterocycles. The Morgan fingerprint density at radius 1 is 0.585 bits per heavy atom. The Hall–Kier alpha value is -6.58. The van der Waals surface area contributed by atoms with Crippen LogP contribution in [0.4, 0.5) is 29.2 Å². The van der Waals surface area contributed by atoms with Crippen molar-refractivity contribution >= 4 is 47.0 Å². The van der Waals surface area contributed by atoms with E-state index in [0.29, 0.717) is 67.6 Å². The molecule has 53 heavy (non-hydrogen) atoms. The average molecular weight is 721 g/mol. The molecule has 0 aliphatic heterocycles. The highest BCUT2D eigenvalue weighted by Gasteiger charge is 2.11. The number of carbonyl (C=O) groups is 3. The third-order valence-electron chi connectivity index (χ3n) is 7.46. The number of nitrogens with zero attached hydrogens (tertiary/aromatic N) is 3. The number of phenolic OH excluding ortho intramolecular Hbond substituents is 1. The standard InChI is InChI=1S/C38H40N8O7/c1-51-35(50)29-9-7-26(8-10-29)25-41-34(49)28-11-13-30(14-12-28)42-37-44-36(45-38(46-37)43-31-15-17-32(47)18-16-31)40-20-22-53-24-23-52-21-19-39-33(48)27-5-3-2-4-6-27/h2-18,47H,19-25H2,1H3,(H,39,48)(H,41,49)(H3,40,42,43,44,45,46). The summed E-state index contributed by atoms with van der Waals surface area (Å²) in [7, 11) is 1.32. The molecule has 15 heteroatoms. The zero-order chi connectivity index (χ0) is 37.3. The largest absolute Gasteiger partial charge is 0.508 e. The van der Waals surface area contributed by atoms with Gasteiger partial charge in [0.1, 0.15) is 5.75 Å². The first kappa shape index (κ1) is 37.7. The van der Waals surface area contributed by atoms with Crippen molar-refractivity contribution in [1.29, 1.82) is 0 Å². The summed E-state index contributed by atoms with van der Waals surface area (Å²) in [5, 5.41) is 24.7. The van der Waals surface area contributed by atoms with Crippen molar-refractivity contribution in [1.82, 2.24) is 25.6 Å². The number of aromatic hydroxyl groups is 1. The topological polar surface area (TPSA) is 198 Å². The average Bonchev–Trinajstić information content (AvgIpc) is 3.19. The fourth-order valence-corrected chi connectivity index (χ4v) is 4.72. The maximum absolute atomic E-state index is 12.8. The number of aromatic nitrogens is 3. The van der Waals surface area contributed by atoms with Crippen molar-refractivity contribution in [3.8, 4) is 5.75 Å². The molecule has 5 aromatic rings. The van der Waals surface area contributed by atoms with Crippen LogP contribution >= 0.6 is 0 Å². The van der Waals surface area contributed by atoms with Gasteiger partial charge in [0, 0.05) is 42.1 Å². The number of hydrogen-bond donors (Lipinski definition) is 6. The normalized spacial score (nSPS) is 10.6. The second-order valence-electron chi connectivity index (χ2n) is 11.3. The highest BCUT2D eigenvalue weighted by Crippen LogP contribution is 2.21. The Morgan fingerprint density at radius 3 is 1.74 bits per heavy atom. The van der Waals surface area contributed by atoms with Crippen LogP contribution in [-0.4, -0.2) is 84.5 Å². The van der Waals surface area contributed by atoms with Crippen molar-refractivity contribution in [3.05, 3.63) is 125 Å².